The van der Waals surface area contributed by atoms with Crippen LogP contribution in [0, 0.1) is 0 Å². The third-order valence-electron chi connectivity index (χ3n) is 3.01. The summed E-state index contributed by atoms with van der Waals surface area (Å²) in [5, 5.41) is 0. The first kappa shape index (κ1) is 9.91. The second kappa shape index (κ2) is 4.26. The van der Waals surface area contributed by atoms with Crippen molar-refractivity contribution in [3.05, 3.63) is 29.8 Å². The van der Waals surface area contributed by atoms with E-state index in [-0.39, 0.29) is 0 Å². The van der Waals surface area contributed by atoms with Gasteiger partial charge in [-0.05, 0) is 31.4 Å². The molecule has 1 heterocycles. The third-order valence-corrected chi connectivity index (χ3v) is 3.21. The Hall–Kier alpha value is -0.630. The van der Waals surface area contributed by atoms with E-state index in [9.17, 15) is 0 Å². The summed E-state index contributed by atoms with van der Waals surface area (Å²) in [6.45, 7) is 3.36. The molecule has 14 heavy (non-hydrogen) atoms. The highest BCUT2D eigenvalue weighted by Gasteiger charge is 2.21. The molecule has 0 aromatic heterocycles. The van der Waals surface area contributed by atoms with E-state index in [1.165, 1.54) is 24.1 Å². The molecular weight excluding hydrogens is 190 g/mol. The van der Waals surface area contributed by atoms with Crippen LogP contribution in [-0.4, -0.2) is 18.3 Å². The van der Waals surface area contributed by atoms with Crippen molar-refractivity contribution < 1.29 is 0 Å². The van der Waals surface area contributed by atoms with Crippen molar-refractivity contribution in [2.24, 2.45) is 0 Å². The van der Waals surface area contributed by atoms with Crippen LogP contribution >= 0.6 is 12.6 Å². The molecule has 1 unspecified atom stereocenters. The highest BCUT2D eigenvalue weighted by atomic mass is 32.1. The topological polar surface area (TPSA) is 3.24 Å². The molecule has 0 aliphatic carbocycles. The van der Waals surface area contributed by atoms with Crippen LogP contribution in [0.1, 0.15) is 18.9 Å². The number of fused-ring (bicyclic) bond motifs is 1. The number of benzene rings is 1. The van der Waals surface area contributed by atoms with Crippen molar-refractivity contribution in [2.45, 2.75) is 25.8 Å². The summed E-state index contributed by atoms with van der Waals surface area (Å²) in [4.78, 5) is 2.48. The fraction of sp³-hybridized carbons (Fsp3) is 0.500. The van der Waals surface area contributed by atoms with Crippen LogP contribution < -0.4 is 4.90 Å². The van der Waals surface area contributed by atoms with Gasteiger partial charge in [-0.1, -0.05) is 18.2 Å². The Labute approximate surface area is 91.5 Å². The van der Waals surface area contributed by atoms with E-state index in [4.69, 9.17) is 0 Å². The number of thiol groups is 1. The zero-order valence-corrected chi connectivity index (χ0v) is 9.50. The minimum atomic E-state index is 0.664. The minimum Gasteiger partial charge on any atom is -0.368 e. The average molecular weight is 207 g/mol. The van der Waals surface area contributed by atoms with Crippen LogP contribution in [0.15, 0.2) is 24.3 Å². The lowest BCUT2D eigenvalue weighted by atomic mass is 9.97. The van der Waals surface area contributed by atoms with E-state index in [1.54, 1.807) is 0 Å². The Bertz CT molecular complexity index is 311. The predicted octanol–water partition coefficient (Wildman–Crippen LogP) is 2.76. The van der Waals surface area contributed by atoms with E-state index in [2.05, 4.69) is 48.7 Å². The van der Waals surface area contributed by atoms with Crippen molar-refractivity contribution in [1.29, 1.82) is 0 Å². The second-order valence-corrected chi connectivity index (χ2v) is 4.38. The van der Waals surface area contributed by atoms with Gasteiger partial charge in [-0.25, -0.2) is 0 Å². The van der Waals surface area contributed by atoms with Crippen LogP contribution in [0.25, 0.3) is 0 Å². The van der Waals surface area contributed by atoms with Crippen LogP contribution in [0.3, 0.4) is 0 Å². The van der Waals surface area contributed by atoms with Gasteiger partial charge in [0.2, 0.25) is 0 Å². The van der Waals surface area contributed by atoms with Gasteiger partial charge in [0.25, 0.3) is 0 Å². The summed E-state index contributed by atoms with van der Waals surface area (Å²) in [5.41, 5.74) is 2.91. The SMILES string of the molecule is CC1CCc2ccccc2N1CCS. The van der Waals surface area contributed by atoms with E-state index in [0.29, 0.717) is 6.04 Å². The highest BCUT2D eigenvalue weighted by molar-refractivity contribution is 7.80. The fourth-order valence-electron chi connectivity index (χ4n) is 2.21. The van der Waals surface area contributed by atoms with Crippen molar-refractivity contribution in [3.63, 3.8) is 0 Å². The molecule has 0 spiro atoms. The molecule has 0 saturated heterocycles. The maximum absolute atomic E-state index is 4.32. The van der Waals surface area contributed by atoms with Gasteiger partial charge in [0.15, 0.2) is 0 Å². The quantitative estimate of drug-likeness (QED) is 0.730. The summed E-state index contributed by atoms with van der Waals surface area (Å²) < 4.78 is 0. The summed E-state index contributed by atoms with van der Waals surface area (Å²) in [7, 11) is 0. The van der Waals surface area contributed by atoms with Gasteiger partial charge in [-0.15, -0.1) is 0 Å². The van der Waals surface area contributed by atoms with Crippen molar-refractivity contribution >= 4 is 18.3 Å². The number of anilines is 1. The molecule has 0 bridgehead atoms. The van der Waals surface area contributed by atoms with Gasteiger partial charge in [0.1, 0.15) is 0 Å². The molecule has 0 saturated carbocycles. The number of hydrogen-bond acceptors (Lipinski definition) is 2. The lowest BCUT2D eigenvalue weighted by Crippen LogP contribution is -2.38. The first-order chi connectivity index (χ1) is 6.83. The largest absolute Gasteiger partial charge is 0.368 e. The molecule has 1 atom stereocenters. The lowest BCUT2D eigenvalue weighted by molar-refractivity contribution is 0.574. The Morgan fingerprint density at radius 1 is 1.43 bits per heavy atom. The summed E-state index contributed by atoms with van der Waals surface area (Å²) in [6, 6.07) is 9.40. The average Bonchev–Trinajstić information content (AvgIpc) is 2.23. The van der Waals surface area contributed by atoms with Crippen LogP contribution in [0.4, 0.5) is 5.69 Å². The molecule has 2 heteroatoms. The molecule has 1 aromatic rings. The number of nitrogens with zero attached hydrogens (tertiary/aromatic N) is 1. The molecule has 0 N–H and O–H groups in total. The van der Waals surface area contributed by atoms with Crippen LogP contribution in [0.2, 0.25) is 0 Å². The predicted molar refractivity (Wildman–Crippen MR) is 65.4 cm³/mol. The zero-order valence-electron chi connectivity index (χ0n) is 8.61. The van der Waals surface area contributed by atoms with Gasteiger partial charge >= 0.3 is 0 Å². The van der Waals surface area contributed by atoms with Gasteiger partial charge < -0.3 is 4.90 Å². The number of aryl methyl sites for hydroxylation is 1. The summed E-state index contributed by atoms with van der Waals surface area (Å²) in [5.74, 6) is 0.929. The van der Waals surface area contributed by atoms with Gasteiger partial charge in [-0.3, -0.25) is 0 Å². The van der Waals surface area contributed by atoms with E-state index < -0.39 is 0 Å². The smallest absolute Gasteiger partial charge is 0.0401 e. The Kier molecular flexibility index (Phi) is 3.02. The van der Waals surface area contributed by atoms with Crippen LogP contribution in [-0.2, 0) is 6.42 Å². The van der Waals surface area contributed by atoms with Crippen LogP contribution in [0.5, 0.6) is 0 Å². The normalized spacial score (nSPS) is 20.7. The van der Waals surface area contributed by atoms with E-state index >= 15 is 0 Å². The zero-order chi connectivity index (χ0) is 9.97. The van der Waals surface area contributed by atoms with Crippen molar-refractivity contribution in [1.82, 2.24) is 0 Å². The van der Waals surface area contributed by atoms with E-state index in [0.717, 1.165) is 12.3 Å². The maximum Gasteiger partial charge on any atom is 0.0401 e. The second-order valence-electron chi connectivity index (χ2n) is 3.93. The molecule has 2 rings (SSSR count). The molecule has 0 amide bonds. The molecule has 0 fully saturated rings. The minimum absolute atomic E-state index is 0.664. The first-order valence-corrected chi connectivity index (χ1v) is 5.91. The lowest BCUT2D eigenvalue weighted by Gasteiger charge is -2.36. The summed E-state index contributed by atoms with van der Waals surface area (Å²) in [6.07, 6.45) is 2.49. The molecule has 1 aromatic carbocycles. The molecule has 1 aliphatic heterocycles. The molecule has 1 aliphatic rings. The number of hydrogen-bond donors (Lipinski definition) is 1. The first-order valence-electron chi connectivity index (χ1n) is 5.28. The van der Waals surface area contributed by atoms with Crippen molar-refractivity contribution in [2.75, 3.05) is 17.2 Å². The Balaban J connectivity index is 2.31. The third kappa shape index (κ3) is 1.76. The standard InChI is InChI=1S/C12H17NS/c1-10-6-7-11-4-2-3-5-12(11)13(10)8-9-14/h2-5,10,14H,6-9H2,1H3. The Morgan fingerprint density at radius 2 is 2.21 bits per heavy atom. The molecule has 1 nitrogen and oxygen atoms in total. The monoisotopic (exact) mass is 207 g/mol. The maximum atomic E-state index is 4.32. The van der Waals surface area contributed by atoms with Crippen molar-refractivity contribution in [3.8, 4) is 0 Å². The number of rotatable bonds is 2. The fourth-order valence-corrected chi connectivity index (χ4v) is 2.42. The molecule has 76 valence electrons. The summed E-state index contributed by atoms with van der Waals surface area (Å²) >= 11 is 4.32. The van der Waals surface area contributed by atoms with Gasteiger partial charge in [0.05, 0.1) is 0 Å². The van der Waals surface area contributed by atoms with Gasteiger partial charge in [-0.2, -0.15) is 12.6 Å². The number of para-hydroxylation sites is 1. The van der Waals surface area contributed by atoms with E-state index in [1.807, 2.05) is 0 Å². The van der Waals surface area contributed by atoms with Gasteiger partial charge in [0, 0.05) is 24.0 Å². The Morgan fingerprint density at radius 3 is 3.00 bits per heavy atom. The molecule has 0 radical (unpaired) electrons. The molecular formula is C12H17NS. The highest BCUT2D eigenvalue weighted by Crippen LogP contribution is 2.29.